The van der Waals surface area contributed by atoms with Crippen LogP contribution in [0, 0.1) is 40.2 Å². The molecule has 5 aromatic rings. The molecule has 11 heteroatoms. The van der Waals surface area contributed by atoms with Gasteiger partial charge in [0.1, 0.15) is 23.6 Å². The van der Waals surface area contributed by atoms with Crippen LogP contribution in [0.1, 0.15) is 17.8 Å². The largest absolute Gasteiger partial charge is 0.457 e. The maximum atomic E-state index is 11.5. The first kappa shape index (κ1) is 23.1. The molecule has 1 aliphatic carbocycles. The zero-order valence-electron chi connectivity index (χ0n) is 20.9. The Bertz CT molecular complexity index is 1860. The van der Waals surface area contributed by atoms with Crippen LogP contribution in [0.3, 0.4) is 0 Å². The van der Waals surface area contributed by atoms with Gasteiger partial charge in [-0.3, -0.25) is 10.1 Å². The summed E-state index contributed by atoms with van der Waals surface area (Å²) in [5, 5.41) is 22.8. The van der Waals surface area contributed by atoms with Gasteiger partial charge in [-0.05, 0) is 67.6 Å². The molecule has 7 rings (SSSR count). The van der Waals surface area contributed by atoms with Crippen molar-refractivity contribution >= 4 is 33.7 Å². The summed E-state index contributed by atoms with van der Waals surface area (Å²) in [4.78, 5) is 24.5. The number of rotatable bonds is 5. The average Bonchev–Trinajstić information content (AvgIpc) is 3.23. The van der Waals surface area contributed by atoms with Crippen LogP contribution in [0.4, 0.5) is 17.2 Å². The molecule has 39 heavy (non-hydrogen) atoms. The quantitative estimate of drug-likeness (QED) is 0.197. The lowest BCUT2D eigenvalue weighted by molar-refractivity contribution is -0.384. The van der Waals surface area contributed by atoms with Crippen molar-refractivity contribution in [3.63, 3.8) is 0 Å². The molecule has 0 spiro atoms. The van der Waals surface area contributed by atoms with Crippen molar-refractivity contribution in [1.82, 2.24) is 29.9 Å². The van der Waals surface area contributed by atoms with Crippen LogP contribution in [0.15, 0.2) is 61.1 Å². The summed E-state index contributed by atoms with van der Waals surface area (Å²) in [6, 6.07) is 13.8. The first-order valence-electron chi connectivity index (χ1n) is 12.5. The van der Waals surface area contributed by atoms with E-state index in [9.17, 15) is 10.1 Å². The Morgan fingerprint density at radius 2 is 2.13 bits per heavy atom. The number of nitro groups is 1. The molecule has 192 valence electrons. The summed E-state index contributed by atoms with van der Waals surface area (Å²) >= 11 is 0. The second-order valence-corrected chi connectivity index (χ2v) is 9.93. The van der Waals surface area contributed by atoms with Crippen molar-refractivity contribution in [2.24, 2.45) is 11.3 Å². The molecule has 0 radical (unpaired) electrons. The van der Waals surface area contributed by atoms with Crippen molar-refractivity contribution in [3.8, 4) is 23.3 Å². The van der Waals surface area contributed by atoms with E-state index in [0.29, 0.717) is 45.6 Å². The molecule has 2 aromatic carbocycles. The Labute approximate surface area is 222 Å². The van der Waals surface area contributed by atoms with E-state index in [2.05, 4.69) is 42.5 Å². The second-order valence-electron chi connectivity index (χ2n) is 9.93. The fraction of sp³-hybridized carbons (Fsp3) is 0.214. The fourth-order valence-electron chi connectivity index (χ4n) is 5.06. The minimum atomic E-state index is -0.427. The van der Waals surface area contributed by atoms with E-state index in [1.165, 1.54) is 18.5 Å². The van der Waals surface area contributed by atoms with Crippen molar-refractivity contribution in [2.75, 3.05) is 18.4 Å². The van der Waals surface area contributed by atoms with Crippen molar-refractivity contribution < 1.29 is 9.66 Å². The molecule has 4 heterocycles. The summed E-state index contributed by atoms with van der Waals surface area (Å²) < 4.78 is 7.75. The lowest BCUT2D eigenvalue weighted by Gasteiger charge is -2.13. The third-order valence-electron chi connectivity index (χ3n) is 7.29. The smallest absolute Gasteiger partial charge is 0.270 e. The van der Waals surface area contributed by atoms with Crippen LogP contribution in [0.25, 0.3) is 16.6 Å². The Hall–Kier alpha value is -5.08. The van der Waals surface area contributed by atoms with E-state index >= 15 is 0 Å². The molecule has 2 aliphatic rings. The highest BCUT2D eigenvalue weighted by Gasteiger charge is 2.56. The zero-order chi connectivity index (χ0) is 26.6. The molecule has 3 aromatic heterocycles. The molecule has 2 unspecified atom stereocenters. The molecule has 2 fully saturated rings. The number of hydrogen-bond acceptors (Lipinski definition) is 9. The number of nitro benzene ring substituents is 1. The standard InChI is InChI=1S/C28H22N8O3/c1-17-10-19(2-5-24(17)39-21-7-9-35-26(12-21)30-16-31-35)32-27-22-11-20(36(37)38)3-4-23(22)33-25(34-27)6-8-28-13-18(28)14-29-15-28/h2-5,7,9-12,16,18,29H,13-15H2,1H3,(H,32,33,34). The van der Waals surface area contributed by atoms with E-state index in [0.717, 1.165) is 30.8 Å². The minimum absolute atomic E-state index is 0.0208. The predicted molar refractivity (Wildman–Crippen MR) is 144 cm³/mol. The van der Waals surface area contributed by atoms with Crippen LogP contribution < -0.4 is 15.4 Å². The van der Waals surface area contributed by atoms with Gasteiger partial charge >= 0.3 is 0 Å². The van der Waals surface area contributed by atoms with Crippen molar-refractivity contribution in [2.45, 2.75) is 13.3 Å². The number of pyridine rings is 1. The number of nitrogens with one attached hydrogen (secondary N) is 2. The van der Waals surface area contributed by atoms with E-state index in [1.807, 2.05) is 37.3 Å². The van der Waals surface area contributed by atoms with Gasteiger partial charge in [0.15, 0.2) is 5.65 Å². The van der Waals surface area contributed by atoms with Crippen molar-refractivity contribution in [3.05, 3.63) is 82.6 Å². The summed E-state index contributed by atoms with van der Waals surface area (Å²) in [5.74, 6) is 9.30. The third kappa shape index (κ3) is 4.26. The summed E-state index contributed by atoms with van der Waals surface area (Å²) in [6.45, 7) is 3.82. The van der Waals surface area contributed by atoms with Gasteiger partial charge in [0.25, 0.3) is 5.69 Å². The van der Waals surface area contributed by atoms with E-state index in [4.69, 9.17) is 4.74 Å². The van der Waals surface area contributed by atoms with Gasteiger partial charge in [-0.25, -0.2) is 19.5 Å². The first-order valence-corrected chi connectivity index (χ1v) is 12.5. The van der Waals surface area contributed by atoms with Crippen molar-refractivity contribution in [1.29, 1.82) is 0 Å². The first-order chi connectivity index (χ1) is 19.0. The number of piperidine rings is 1. The number of nitrogens with zero attached hydrogens (tertiary/aromatic N) is 6. The average molecular weight is 519 g/mol. The van der Waals surface area contributed by atoms with Crippen LogP contribution in [0.2, 0.25) is 0 Å². The van der Waals surface area contributed by atoms with E-state index in [-0.39, 0.29) is 11.1 Å². The minimum Gasteiger partial charge on any atom is -0.457 e. The Kier molecular flexibility index (Phi) is 5.17. The lowest BCUT2D eigenvalue weighted by Crippen LogP contribution is -2.14. The van der Waals surface area contributed by atoms with Crippen LogP contribution in [-0.2, 0) is 0 Å². The molecule has 0 amide bonds. The van der Waals surface area contributed by atoms with E-state index < -0.39 is 4.92 Å². The maximum Gasteiger partial charge on any atom is 0.270 e. The Morgan fingerprint density at radius 1 is 1.21 bits per heavy atom. The van der Waals surface area contributed by atoms with Gasteiger partial charge < -0.3 is 15.4 Å². The lowest BCUT2D eigenvalue weighted by atomic mass is 10.1. The van der Waals surface area contributed by atoms with E-state index in [1.54, 1.807) is 16.8 Å². The van der Waals surface area contributed by atoms with Crippen LogP contribution in [-0.4, -0.2) is 42.6 Å². The maximum absolute atomic E-state index is 11.5. The summed E-state index contributed by atoms with van der Waals surface area (Å²) in [6.07, 6.45) is 4.37. The van der Waals surface area contributed by atoms with Crippen LogP contribution in [0.5, 0.6) is 11.5 Å². The highest BCUT2D eigenvalue weighted by molar-refractivity contribution is 5.92. The number of benzene rings is 2. The van der Waals surface area contributed by atoms with Gasteiger partial charge in [-0.1, -0.05) is 5.92 Å². The number of non-ortho nitro benzene ring substituents is 1. The molecule has 2 atom stereocenters. The Balaban J connectivity index is 1.21. The Morgan fingerprint density at radius 3 is 2.92 bits per heavy atom. The SMILES string of the molecule is Cc1cc(Nc2nc(C#CC34CNCC3C4)nc3ccc([N+](=O)[O-])cc23)ccc1Oc1ccn2ncnc2c1. The molecule has 0 bridgehead atoms. The van der Waals surface area contributed by atoms with Gasteiger partial charge in [-0.15, -0.1) is 0 Å². The van der Waals surface area contributed by atoms with Gasteiger partial charge in [0.05, 0.1) is 10.4 Å². The number of anilines is 2. The second kappa shape index (κ2) is 8.75. The van der Waals surface area contributed by atoms with Gasteiger partial charge in [0.2, 0.25) is 5.82 Å². The molecule has 1 saturated carbocycles. The topological polar surface area (TPSA) is 132 Å². The molecular formula is C28H22N8O3. The summed E-state index contributed by atoms with van der Waals surface area (Å²) in [5.41, 5.74) is 2.89. The number of aryl methyl sites for hydroxylation is 1. The molecule has 2 N–H and O–H groups in total. The van der Waals surface area contributed by atoms with Crippen LogP contribution >= 0.6 is 0 Å². The molecule has 11 nitrogen and oxygen atoms in total. The monoisotopic (exact) mass is 518 g/mol. The summed E-state index contributed by atoms with van der Waals surface area (Å²) in [7, 11) is 0. The number of fused-ring (bicyclic) bond motifs is 3. The highest BCUT2D eigenvalue weighted by atomic mass is 16.6. The third-order valence-corrected chi connectivity index (χ3v) is 7.29. The normalized spacial score (nSPS) is 19.4. The van der Waals surface area contributed by atoms with Gasteiger partial charge in [-0.2, -0.15) is 5.10 Å². The number of ether oxygens (including phenoxy) is 1. The number of hydrogen-bond donors (Lipinski definition) is 2. The molecule has 1 aliphatic heterocycles. The highest BCUT2D eigenvalue weighted by Crippen LogP contribution is 2.54. The van der Waals surface area contributed by atoms with Gasteiger partial charge in [0, 0.05) is 47.4 Å². The molecular weight excluding hydrogens is 496 g/mol. The molecule has 1 saturated heterocycles. The number of aromatic nitrogens is 5. The zero-order valence-corrected chi connectivity index (χ0v) is 20.9. The predicted octanol–water partition coefficient (Wildman–Crippen LogP) is 4.39. The fourth-order valence-corrected chi connectivity index (χ4v) is 5.06.